The maximum absolute atomic E-state index is 11.9. The fraction of sp³-hybridized carbons (Fsp3) is 0.667. The van der Waals surface area contributed by atoms with Gasteiger partial charge in [-0.25, -0.2) is 9.97 Å². The zero-order valence-corrected chi connectivity index (χ0v) is 14.1. The van der Waals surface area contributed by atoms with Gasteiger partial charge in [-0.05, 0) is 46.2 Å². The van der Waals surface area contributed by atoms with Crippen molar-refractivity contribution < 1.29 is 9.53 Å². The predicted molar refractivity (Wildman–Crippen MR) is 85.6 cm³/mol. The first-order chi connectivity index (χ1) is 10.1. The van der Waals surface area contributed by atoms with Gasteiger partial charge < -0.3 is 10.1 Å². The fourth-order valence-electron chi connectivity index (χ4n) is 1.89. The van der Waals surface area contributed by atoms with Gasteiger partial charge in [0.05, 0.1) is 6.61 Å². The third kappa shape index (κ3) is 6.91. The lowest BCUT2D eigenvalue weighted by Crippen LogP contribution is -2.39. The number of rotatable bonds is 9. The minimum atomic E-state index is -0.247. The molecular weight excluding hydrogens is 286 g/mol. The minimum Gasteiger partial charge on any atom is -0.465 e. The van der Waals surface area contributed by atoms with Crippen LogP contribution in [-0.4, -0.2) is 40.9 Å². The van der Waals surface area contributed by atoms with E-state index in [9.17, 15) is 4.79 Å². The number of thioether (sulfide) groups is 1. The number of aryl methyl sites for hydroxylation is 2. The topological polar surface area (TPSA) is 64.1 Å². The van der Waals surface area contributed by atoms with E-state index in [1.807, 2.05) is 26.8 Å². The molecule has 1 N–H and O–H groups in total. The van der Waals surface area contributed by atoms with Crippen molar-refractivity contribution in [2.24, 2.45) is 0 Å². The van der Waals surface area contributed by atoms with Crippen LogP contribution >= 0.6 is 11.8 Å². The molecule has 6 heteroatoms. The predicted octanol–water partition coefficient (Wildman–Crippen LogP) is 2.51. The van der Waals surface area contributed by atoms with Gasteiger partial charge in [0.25, 0.3) is 0 Å². The Morgan fingerprint density at radius 2 is 2.00 bits per heavy atom. The monoisotopic (exact) mass is 311 g/mol. The summed E-state index contributed by atoms with van der Waals surface area (Å²) in [5, 5.41) is 4.00. The van der Waals surface area contributed by atoms with Crippen molar-refractivity contribution in [2.45, 2.75) is 51.7 Å². The Hall–Kier alpha value is -1.14. The second-order valence-corrected chi connectivity index (χ2v) is 5.89. The molecule has 0 bridgehead atoms. The molecule has 0 saturated heterocycles. The number of nitrogens with zero attached hydrogens (tertiary/aromatic N) is 2. The molecule has 0 radical (unpaired) electrons. The normalized spacial score (nSPS) is 12.2. The van der Waals surface area contributed by atoms with E-state index in [0.29, 0.717) is 13.0 Å². The van der Waals surface area contributed by atoms with Crippen LogP contribution in [0, 0.1) is 13.8 Å². The molecule has 0 aliphatic heterocycles. The standard InChI is InChI=1S/C15H25N3O2S/c1-5-8-16-13(14(19)20-6-2)7-9-21-15-17-11(3)10-12(4)18-15/h10,13,16H,5-9H2,1-4H3. The summed E-state index contributed by atoms with van der Waals surface area (Å²) in [6.45, 7) is 9.05. The molecule has 21 heavy (non-hydrogen) atoms. The van der Waals surface area contributed by atoms with E-state index < -0.39 is 0 Å². The van der Waals surface area contributed by atoms with Gasteiger partial charge in [0.1, 0.15) is 6.04 Å². The van der Waals surface area contributed by atoms with Crippen LogP contribution in [0.1, 0.15) is 38.1 Å². The Balaban J connectivity index is 2.49. The number of carbonyl (C=O) groups is 1. The van der Waals surface area contributed by atoms with E-state index in [1.165, 1.54) is 0 Å². The molecule has 0 saturated carbocycles. The van der Waals surface area contributed by atoms with Gasteiger partial charge in [-0.3, -0.25) is 4.79 Å². The first-order valence-corrected chi connectivity index (χ1v) is 8.40. The Bertz CT molecular complexity index is 434. The summed E-state index contributed by atoms with van der Waals surface area (Å²) in [4.78, 5) is 20.7. The zero-order valence-electron chi connectivity index (χ0n) is 13.3. The largest absolute Gasteiger partial charge is 0.465 e. The number of nitrogens with one attached hydrogen (secondary N) is 1. The molecular formula is C15H25N3O2S. The molecule has 0 aliphatic carbocycles. The Morgan fingerprint density at radius 3 is 2.57 bits per heavy atom. The number of hydrogen-bond donors (Lipinski definition) is 1. The number of aromatic nitrogens is 2. The summed E-state index contributed by atoms with van der Waals surface area (Å²) in [6.07, 6.45) is 1.70. The molecule has 0 fully saturated rings. The highest BCUT2D eigenvalue weighted by Gasteiger charge is 2.18. The van der Waals surface area contributed by atoms with Gasteiger partial charge in [0.15, 0.2) is 5.16 Å². The Morgan fingerprint density at radius 1 is 1.33 bits per heavy atom. The van der Waals surface area contributed by atoms with E-state index in [4.69, 9.17) is 4.74 Å². The highest BCUT2D eigenvalue weighted by molar-refractivity contribution is 7.99. The second kappa shape index (κ2) is 9.73. The minimum absolute atomic E-state index is 0.173. The van der Waals surface area contributed by atoms with E-state index in [0.717, 1.165) is 35.3 Å². The van der Waals surface area contributed by atoms with Crippen molar-refractivity contribution >= 4 is 17.7 Å². The first kappa shape index (κ1) is 17.9. The fourth-order valence-corrected chi connectivity index (χ4v) is 2.84. The van der Waals surface area contributed by atoms with Crippen LogP contribution in [0.3, 0.4) is 0 Å². The molecule has 118 valence electrons. The maximum Gasteiger partial charge on any atom is 0.323 e. The molecule has 1 atom stereocenters. The van der Waals surface area contributed by atoms with E-state index in [-0.39, 0.29) is 12.0 Å². The summed E-state index contributed by atoms with van der Waals surface area (Å²) >= 11 is 1.58. The lowest BCUT2D eigenvalue weighted by Gasteiger charge is -2.16. The molecule has 5 nitrogen and oxygen atoms in total. The van der Waals surface area contributed by atoms with E-state index in [1.54, 1.807) is 11.8 Å². The number of esters is 1. The quantitative estimate of drug-likeness (QED) is 0.429. The van der Waals surface area contributed by atoms with Crippen LogP contribution in [0.4, 0.5) is 0 Å². The molecule has 1 rings (SSSR count). The molecule has 1 unspecified atom stereocenters. The van der Waals surface area contributed by atoms with Gasteiger partial charge in [-0.2, -0.15) is 0 Å². The first-order valence-electron chi connectivity index (χ1n) is 7.41. The van der Waals surface area contributed by atoms with E-state index >= 15 is 0 Å². The van der Waals surface area contributed by atoms with Crippen LogP contribution in [0.25, 0.3) is 0 Å². The van der Waals surface area contributed by atoms with Gasteiger partial charge in [0.2, 0.25) is 0 Å². The number of ether oxygens (including phenoxy) is 1. The maximum atomic E-state index is 11.9. The summed E-state index contributed by atoms with van der Waals surface area (Å²) in [6, 6.07) is 1.71. The lowest BCUT2D eigenvalue weighted by atomic mass is 10.2. The van der Waals surface area contributed by atoms with Crippen molar-refractivity contribution in [1.29, 1.82) is 0 Å². The Kier molecular flexibility index (Phi) is 8.30. The molecule has 0 aliphatic rings. The average molecular weight is 311 g/mol. The Labute approximate surface area is 131 Å². The molecule has 1 aromatic rings. The molecule has 0 spiro atoms. The van der Waals surface area contributed by atoms with Gasteiger partial charge >= 0.3 is 5.97 Å². The van der Waals surface area contributed by atoms with Crippen LogP contribution in [0.5, 0.6) is 0 Å². The molecule has 1 heterocycles. The highest BCUT2D eigenvalue weighted by Crippen LogP contribution is 2.16. The van der Waals surface area contributed by atoms with Gasteiger partial charge in [0, 0.05) is 17.1 Å². The van der Waals surface area contributed by atoms with Crippen molar-refractivity contribution in [3.8, 4) is 0 Å². The smallest absolute Gasteiger partial charge is 0.323 e. The summed E-state index contributed by atoms with van der Waals surface area (Å²) in [5.41, 5.74) is 1.94. The molecule has 1 aromatic heterocycles. The lowest BCUT2D eigenvalue weighted by molar-refractivity contribution is -0.145. The second-order valence-electron chi connectivity index (χ2n) is 4.83. The third-order valence-electron chi connectivity index (χ3n) is 2.81. The SMILES string of the molecule is CCCNC(CCSc1nc(C)cc(C)n1)C(=O)OCC. The highest BCUT2D eigenvalue weighted by atomic mass is 32.2. The summed E-state index contributed by atoms with van der Waals surface area (Å²) in [7, 11) is 0. The average Bonchev–Trinajstić information content (AvgIpc) is 2.41. The summed E-state index contributed by atoms with van der Waals surface area (Å²) in [5.74, 6) is 0.608. The third-order valence-corrected chi connectivity index (χ3v) is 3.69. The number of hydrogen-bond acceptors (Lipinski definition) is 6. The van der Waals surface area contributed by atoms with Gasteiger partial charge in [-0.1, -0.05) is 18.7 Å². The van der Waals surface area contributed by atoms with Crippen LogP contribution in [0.2, 0.25) is 0 Å². The van der Waals surface area contributed by atoms with Crippen LogP contribution in [0.15, 0.2) is 11.2 Å². The van der Waals surface area contributed by atoms with E-state index in [2.05, 4.69) is 22.2 Å². The molecule has 0 amide bonds. The van der Waals surface area contributed by atoms with Crippen molar-refractivity contribution in [3.05, 3.63) is 17.5 Å². The van der Waals surface area contributed by atoms with Gasteiger partial charge in [-0.15, -0.1) is 0 Å². The van der Waals surface area contributed by atoms with Crippen molar-refractivity contribution in [2.75, 3.05) is 18.9 Å². The van der Waals surface area contributed by atoms with Crippen LogP contribution < -0.4 is 5.32 Å². The van der Waals surface area contributed by atoms with Crippen molar-refractivity contribution in [1.82, 2.24) is 15.3 Å². The van der Waals surface area contributed by atoms with Crippen LogP contribution in [-0.2, 0) is 9.53 Å². The zero-order chi connectivity index (χ0) is 15.7. The number of carbonyl (C=O) groups excluding carboxylic acids is 1. The molecule has 0 aromatic carbocycles. The van der Waals surface area contributed by atoms with Crippen molar-refractivity contribution in [3.63, 3.8) is 0 Å². The summed E-state index contributed by atoms with van der Waals surface area (Å²) < 4.78 is 5.10.